The van der Waals surface area contributed by atoms with Crippen LogP contribution >= 0.6 is 23.2 Å². The van der Waals surface area contributed by atoms with Gasteiger partial charge in [-0.3, -0.25) is 14.6 Å². The highest BCUT2D eigenvalue weighted by Crippen LogP contribution is 2.37. The molecule has 0 unspecified atom stereocenters. The highest BCUT2D eigenvalue weighted by Gasteiger charge is 2.17. The van der Waals surface area contributed by atoms with Gasteiger partial charge in [-0.2, -0.15) is 0 Å². The lowest BCUT2D eigenvalue weighted by atomic mass is 10.0. The SMILES string of the molecule is CN(C)C(=O)COc1cc(Cl)c(-c2nc3ccc(C(=O)Cc4ccc5ccccc5n4)cc3[nH]2)c(Cl)c1. The number of nitrogens with zero attached hydrogens (tertiary/aromatic N) is 3. The van der Waals surface area contributed by atoms with E-state index in [0.29, 0.717) is 49.5 Å². The summed E-state index contributed by atoms with van der Waals surface area (Å²) in [7, 11) is 3.30. The molecule has 5 rings (SSSR count). The summed E-state index contributed by atoms with van der Waals surface area (Å²) in [6, 6.07) is 20.1. The van der Waals surface area contributed by atoms with Gasteiger partial charge >= 0.3 is 0 Å². The number of aromatic nitrogens is 3. The molecule has 7 nitrogen and oxygen atoms in total. The molecule has 1 amide bonds. The third-order valence-corrected chi connectivity index (χ3v) is 6.51. The predicted octanol–water partition coefficient (Wildman–Crippen LogP) is 5.98. The first kappa shape index (κ1) is 24.7. The van der Waals surface area contributed by atoms with Crippen LogP contribution < -0.4 is 4.74 Å². The molecule has 9 heteroatoms. The second kappa shape index (κ2) is 10.2. The van der Waals surface area contributed by atoms with Gasteiger partial charge in [0.25, 0.3) is 5.91 Å². The molecule has 0 aliphatic carbocycles. The summed E-state index contributed by atoms with van der Waals surface area (Å²) in [5.41, 5.74) is 3.96. The van der Waals surface area contributed by atoms with Crippen LogP contribution in [-0.4, -0.2) is 52.2 Å². The van der Waals surface area contributed by atoms with E-state index in [1.165, 1.54) is 4.90 Å². The lowest BCUT2D eigenvalue weighted by molar-refractivity contribution is -0.130. The summed E-state index contributed by atoms with van der Waals surface area (Å²) >= 11 is 13.0. The maximum Gasteiger partial charge on any atom is 0.259 e. The number of ketones is 1. The molecule has 0 aliphatic rings. The van der Waals surface area contributed by atoms with E-state index >= 15 is 0 Å². The van der Waals surface area contributed by atoms with Crippen molar-refractivity contribution in [3.8, 4) is 17.1 Å². The number of carbonyl (C=O) groups is 2. The number of hydrogen-bond donors (Lipinski definition) is 1. The molecular formula is C28H22Cl2N4O3. The van der Waals surface area contributed by atoms with Crippen LogP contribution in [0, 0.1) is 0 Å². The number of fused-ring (bicyclic) bond motifs is 2. The number of nitrogens with one attached hydrogen (secondary N) is 1. The highest BCUT2D eigenvalue weighted by molar-refractivity contribution is 6.39. The number of pyridine rings is 1. The van der Waals surface area contributed by atoms with E-state index in [4.69, 9.17) is 27.9 Å². The Labute approximate surface area is 223 Å². The second-order valence-electron chi connectivity index (χ2n) is 8.75. The van der Waals surface area contributed by atoms with Gasteiger partial charge in [-0.25, -0.2) is 4.98 Å². The number of rotatable bonds is 7. The lowest BCUT2D eigenvalue weighted by Crippen LogP contribution is -2.27. The van der Waals surface area contributed by atoms with Gasteiger partial charge in [0.05, 0.1) is 38.6 Å². The largest absolute Gasteiger partial charge is 0.484 e. The Morgan fingerprint density at radius 2 is 1.68 bits per heavy atom. The first-order chi connectivity index (χ1) is 17.8. The van der Waals surface area contributed by atoms with Crippen LogP contribution in [0.3, 0.4) is 0 Å². The molecule has 0 bridgehead atoms. The maximum absolute atomic E-state index is 13.0. The van der Waals surface area contributed by atoms with Crippen molar-refractivity contribution in [2.24, 2.45) is 0 Å². The van der Waals surface area contributed by atoms with E-state index in [9.17, 15) is 9.59 Å². The van der Waals surface area contributed by atoms with Crippen LogP contribution in [-0.2, 0) is 11.2 Å². The van der Waals surface area contributed by atoms with Gasteiger partial charge in [0.2, 0.25) is 0 Å². The number of likely N-dealkylation sites (N-methyl/N-ethyl adjacent to an activating group) is 1. The van der Waals surface area contributed by atoms with Crippen LogP contribution in [0.1, 0.15) is 16.1 Å². The number of carbonyl (C=O) groups excluding carboxylic acids is 2. The monoisotopic (exact) mass is 532 g/mol. The summed E-state index contributed by atoms with van der Waals surface area (Å²) in [6.45, 7) is -0.130. The summed E-state index contributed by atoms with van der Waals surface area (Å²) in [5, 5.41) is 1.67. The number of hydrogen-bond acceptors (Lipinski definition) is 5. The lowest BCUT2D eigenvalue weighted by Gasteiger charge is -2.13. The predicted molar refractivity (Wildman–Crippen MR) is 146 cm³/mol. The molecule has 2 aromatic heterocycles. The van der Waals surface area contributed by atoms with Crippen molar-refractivity contribution in [2.45, 2.75) is 6.42 Å². The van der Waals surface area contributed by atoms with Crippen molar-refractivity contribution in [1.82, 2.24) is 19.9 Å². The zero-order valence-corrected chi connectivity index (χ0v) is 21.6. The number of aromatic amines is 1. The van der Waals surface area contributed by atoms with Gasteiger partial charge in [-0.1, -0.05) is 47.5 Å². The minimum Gasteiger partial charge on any atom is -0.484 e. The third-order valence-electron chi connectivity index (χ3n) is 5.92. The van der Waals surface area contributed by atoms with Gasteiger partial charge in [0, 0.05) is 30.7 Å². The molecule has 5 aromatic rings. The highest BCUT2D eigenvalue weighted by atomic mass is 35.5. The van der Waals surface area contributed by atoms with Crippen LogP contribution in [0.2, 0.25) is 10.0 Å². The molecule has 0 atom stereocenters. The zero-order chi connectivity index (χ0) is 26.1. The van der Waals surface area contributed by atoms with Crippen molar-refractivity contribution >= 4 is 56.8 Å². The Morgan fingerprint density at radius 1 is 0.919 bits per heavy atom. The molecule has 186 valence electrons. The maximum atomic E-state index is 13.0. The number of benzene rings is 3. The Hall–Kier alpha value is -3.94. The quantitative estimate of drug-likeness (QED) is 0.260. The first-order valence-electron chi connectivity index (χ1n) is 11.5. The molecule has 3 aromatic carbocycles. The number of amides is 1. The van der Waals surface area contributed by atoms with Crippen molar-refractivity contribution in [3.05, 3.63) is 88.0 Å². The Morgan fingerprint density at radius 3 is 2.43 bits per heavy atom. The first-order valence-corrected chi connectivity index (χ1v) is 12.2. The molecule has 1 N–H and O–H groups in total. The Balaban J connectivity index is 1.37. The number of halogens is 2. The van der Waals surface area contributed by atoms with E-state index in [0.717, 1.165) is 10.9 Å². The zero-order valence-electron chi connectivity index (χ0n) is 20.1. The summed E-state index contributed by atoms with van der Waals surface area (Å²) in [5.74, 6) is 0.600. The molecular weight excluding hydrogens is 511 g/mol. The number of para-hydroxylation sites is 1. The fraction of sp³-hybridized carbons (Fsp3) is 0.143. The van der Waals surface area contributed by atoms with Crippen LogP contribution in [0.5, 0.6) is 5.75 Å². The van der Waals surface area contributed by atoms with E-state index in [1.54, 1.807) is 44.4 Å². The molecule has 37 heavy (non-hydrogen) atoms. The van der Waals surface area contributed by atoms with Crippen LogP contribution in [0.15, 0.2) is 66.7 Å². The van der Waals surface area contributed by atoms with E-state index in [2.05, 4.69) is 15.0 Å². The number of Topliss-reactive ketones (excluding diaryl/α,β-unsaturated/α-hetero) is 1. The fourth-order valence-corrected chi connectivity index (χ4v) is 4.55. The van der Waals surface area contributed by atoms with E-state index in [1.807, 2.05) is 36.4 Å². The molecule has 0 aliphatic heterocycles. The summed E-state index contributed by atoms with van der Waals surface area (Å²) in [4.78, 5) is 38.7. The summed E-state index contributed by atoms with van der Waals surface area (Å²) < 4.78 is 5.52. The number of H-pyrrole nitrogens is 1. The topological polar surface area (TPSA) is 88.2 Å². The second-order valence-corrected chi connectivity index (χ2v) is 9.57. The van der Waals surface area contributed by atoms with E-state index < -0.39 is 0 Å². The normalized spacial score (nSPS) is 11.1. The van der Waals surface area contributed by atoms with Crippen molar-refractivity contribution in [3.63, 3.8) is 0 Å². The van der Waals surface area contributed by atoms with Crippen molar-refractivity contribution < 1.29 is 14.3 Å². The van der Waals surface area contributed by atoms with Crippen LogP contribution in [0.25, 0.3) is 33.3 Å². The average Bonchev–Trinajstić information content (AvgIpc) is 3.29. The van der Waals surface area contributed by atoms with Crippen molar-refractivity contribution in [2.75, 3.05) is 20.7 Å². The van der Waals surface area contributed by atoms with Gasteiger partial charge < -0.3 is 14.6 Å². The Bertz CT molecular complexity index is 1640. The molecule has 0 saturated carbocycles. The third kappa shape index (κ3) is 5.28. The van der Waals surface area contributed by atoms with E-state index in [-0.39, 0.29) is 24.7 Å². The molecule has 2 heterocycles. The van der Waals surface area contributed by atoms with Gasteiger partial charge in [0.1, 0.15) is 11.6 Å². The van der Waals surface area contributed by atoms with Gasteiger partial charge in [-0.05, 0) is 42.5 Å². The smallest absolute Gasteiger partial charge is 0.259 e. The van der Waals surface area contributed by atoms with Crippen molar-refractivity contribution in [1.29, 1.82) is 0 Å². The minimum atomic E-state index is -0.185. The average molecular weight is 533 g/mol. The standard InChI is InChI=1S/C28H22Cl2N4O3/c1-34(2)26(36)15-37-19-13-20(29)27(21(30)14-19)28-32-23-10-8-17(11-24(23)33-28)25(35)12-18-9-7-16-5-3-4-6-22(16)31-18/h3-11,13-14H,12,15H2,1-2H3,(H,32,33). The molecule has 0 spiro atoms. The minimum absolute atomic E-state index is 0.0503. The number of imidazole rings is 1. The molecule has 0 saturated heterocycles. The van der Waals surface area contributed by atoms with Gasteiger partial charge in [-0.15, -0.1) is 0 Å². The Kier molecular flexibility index (Phi) is 6.82. The summed E-state index contributed by atoms with van der Waals surface area (Å²) in [6.07, 6.45) is 0.187. The molecule has 0 fully saturated rings. The molecule has 0 radical (unpaired) electrons. The fourth-order valence-electron chi connectivity index (χ4n) is 3.91. The van der Waals surface area contributed by atoms with Crippen LogP contribution in [0.4, 0.5) is 0 Å². The number of ether oxygens (including phenoxy) is 1. The van der Waals surface area contributed by atoms with Gasteiger partial charge in [0.15, 0.2) is 12.4 Å².